The summed E-state index contributed by atoms with van der Waals surface area (Å²) in [6.07, 6.45) is 0. The summed E-state index contributed by atoms with van der Waals surface area (Å²) in [6, 6.07) is 9.31. The minimum absolute atomic E-state index is 0.396. The van der Waals surface area contributed by atoms with Gasteiger partial charge in [0.15, 0.2) is 0 Å². The zero-order chi connectivity index (χ0) is 14.4. The average Bonchev–Trinajstić information content (AvgIpc) is 2.49. The Balaban J connectivity index is 2.10. The lowest BCUT2D eigenvalue weighted by Gasteiger charge is -2.35. The SMILES string of the molecule is COc1ccc(C(CNC(C)C)N2CCOCC2)cc1. The molecule has 0 bridgehead atoms. The quantitative estimate of drug-likeness (QED) is 0.863. The van der Waals surface area contributed by atoms with Crippen LogP contribution < -0.4 is 10.1 Å². The number of nitrogens with zero attached hydrogens (tertiary/aromatic N) is 1. The number of hydrogen-bond acceptors (Lipinski definition) is 4. The van der Waals surface area contributed by atoms with Crippen LogP contribution in [0.3, 0.4) is 0 Å². The standard InChI is InChI=1S/C16H26N2O2/c1-13(2)17-12-16(18-8-10-20-11-9-18)14-4-6-15(19-3)7-5-14/h4-7,13,16-17H,8-12H2,1-3H3. The highest BCUT2D eigenvalue weighted by molar-refractivity contribution is 5.29. The minimum Gasteiger partial charge on any atom is -0.497 e. The van der Waals surface area contributed by atoms with Gasteiger partial charge in [-0.2, -0.15) is 0 Å². The van der Waals surface area contributed by atoms with Crippen molar-refractivity contribution >= 4 is 0 Å². The van der Waals surface area contributed by atoms with Crippen molar-refractivity contribution in [3.8, 4) is 5.75 Å². The van der Waals surface area contributed by atoms with Crippen molar-refractivity contribution in [3.05, 3.63) is 29.8 Å². The molecule has 1 fully saturated rings. The topological polar surface area (TPSA) is 33.7 Å². The lowest BCUT2D eigenvalue weighted by Crippen LogP contribution is -2.43. The molecule has 0 aromatic heterocycles. The zero-order valence-electron chi connectivity index (χ0n) is 12.8. The largest absolute Gasteiger partial charge is 0.497 e. The summed E-state index contributed by atoms with van der Waals surface area (Å²) in [6.45, 7) is 8.98. The Morgan fingerprint density at radius 1 is 1.20 bits per heavy atom. The van der Waals surface area contributed by atoms with Crippen LogP contribution in [0.1, 0.15) is 25.5 Å². The van der Waals surface area contributed by atoms with E-state index in [-0.39, 0.29) is 0 Å². The van der Waals surface area contributed by atoms with Crippen LogP contribution >= 0.6 is 0 Å². The molecular weight excluding hydrogens is 252 g/mol. The van der Waals surface area contributed by atoms with Gasteiger partial charge < -0.3 is 14.8 Å². The van der Waals surface area contributed by atoms with Crippen molar-refractivity contribution in [2.45, 2.75) is 25.9 Å². The van der Waals surface area contributed by atoms with Crippen LogP contribution in [0.5, 0.6) is 5.75 Å². The predicted molar refractivity (Wildman–Crippen MR) is 81.3 cm³/mol. The van der Waals surface area contributed by atoms with E-state index >= 15 is 0 Å². The van der Waals surface area contributed by atoms with E-state index in [0.717, 1.165) is 38.6 Å². The van der Waals surface area contributed by atoms with Crippen LogP contribution in [0.25, 0.3) is 0 Å². The molecule has 4 nitrogen and oxygen atoms in total. The first-order chi connectivity index (χ1) is 9.70. The highest BCUT2D eigenvalue weighted by Crippen LogP contribution is 2.23. The summed E-state index contributed by atoms with van der Waals surface area (Å²) in [5.74, 6) is 0.909. The van der Waals surface area contributed by atoms with E-state index in [1.54, 1.807) is 7.11 Å². The number of benzene rings is 1. The summed E-state index contributed by atoms with van der Waals surface area (Å²) < 4.78 is 10.7. The first kappa shape index (κ1) is 15.3. The normalized spacial score (nSPS) is 18.2. The lowest BCUT2D eigenvalue weighted by molar-refractivity contribution is 0.0158. The fourth-order valence-corrected chi connectivity index (χ4v) is 2.52. The molecule has 4 heteroatoms. The minimum atomic E-state index is 0.396. The number of nitrogens with one attached hydrogen (secondary N) is 1. The molecule has 20 heavy (non-hydrogen) atoms. The van der Waals surface area contributed by atoms with Crippen LogP contribution in [0.15, 0.2) is 24.3 Å². The van der Waals surface area contributed by atoms with Gasteiger partial charge >= 0.3 is 0 Å². The Hall–Kier alpha value is -1.10. The molecule has 1 aliphatic heterocycles. The number of hydrogen-bond donors (Lipinski definition) is 1. The lowest BCUT2D eigenvalue weighted by atomic mass is 10.0. The van der Waals surface area contributed by atoms with Crippen molar-refractivity contribution in [2.24, 2.45) is 0 Å². The maximum atomic E-state index is 5.47. The summed E-state index contributed by atoms with van der Waals surface area (Å²) in [5, 5.41) is 3.56. The Bertz CT molecular complexity index is 386. The summed E-state index contributed by atoms with van der Waals surface area (Å²) in [4.78, 5) is 2.50. The molecule has 2 rings (SSSR count). The van der Waals surface area contributed by atoms with E-state index in [9.17, 15) is 0 Å². The number of ether oxygens (including phenoxy) is 2. The molecule has 0 aliphatic carbocycles. The third-order valence-electron chi connectivity index (χ3n) is 3.71. The maximum absolute atomic E-state index is 5.47. The summed E-state index contributed by atoms with van der Waals surface area (Å²) in [7, 11) is 1.70. The van der Waals surface area contributed by atoms with E-state index in [1.807, 2.05) is 12.1 Å². The van der Waals surface area contributed by atoms with Gasteiger partial charge in [0, 0.05) is 31.7 Å². The molecule has 1 saturated heterocycles. The van der Waals surface area contributed by atoms with Crippen molar-refractivity contribution < 1.29 is 9.47 Å². The first-order valence-electron chi connectivity index (χ1n) is 7.40. The van der Waals surface area contributed by atoms with Gasteiger partial charge in [-0.1, -0.05) is 26.0 Å². The van der Waals surface area contributed by atoms with E-state index in [1.165, 1.54) is 5.56 Å². The van der Waals surface area contributed by atoms with Crippen LogP contribution in [0.2, 0.25) is 0 Å². The Kier molecular flexibility index (Phi) is 5.83. The van der Waals surface area contributed by atoms with Gasteiger partial charge in [-0.3, -0.25) is 4.90 Å². The third-order valence-corrected chi connectivity index (χ3v) is 3.71. The molecule has 1 aliphatic rings. The zero-order valence-corrected chi connectivity index (χ0v) is 12.8. The van der Waals surface area contributed by atoms with Gasteiger partial charge in [-0.15, -0.1) is 0 Å². The molecule has 112 valence electrons. The summed E-state index contributed by atoms with van der Waals surface area (Å²) >= 11 is 0. The van der Waals surface area contributed by atoms with Crippen molar-refractivity contribution in [2.75, 3.05) is 40.0 Å². The molecule has 1 unspecified atom stereocenters. The van der Waals surface area contributed by atoms with E-state index in [2.05, 4.69) is 36.2 Å². The van der Waals surface area contributed by atoms with E-state index in [0.29, 0.717) is 12.1 Å². The molecule has 0 radical (unpaired) electrons. The van der Waals surface area contributed by atoms with Crippen molar-refractivity contribution in [1.82, 2.24) is 10.2 Å². The monoisotopic (exact) mass is 278 g/mol. The van der Waals surface area contributed by atoms with Crippen molar-refractivity contribution in [3.63, 3.8) is 0 Å². The highest BCUT2D eigenvalue weighted by atomic mass is 16.5. The molecule has 0 spiro atoms. The maximum Gasteiger partial charge on any atom is 0.118 e. The highest BCUT2D eigenvalue weighted by Gasteiger charge is 2.22. The van der Waals surface area contributed by atoms with Crippen LogP contribution in [-0.2, 0) is 4.74 Å². The fraction of sp³-hybridized carbons (Fsp3) is 0.625. The Morgan fingerprint density at radius 3 is 2.40 bits per heavy atom. The van der Waals surface area contributed by atoms with Gasteiger partial charge in [0.25, 0.3) is 0 Å². The van der Waals surface area contributed by atoms with Gasteiger partial charge in [-0.25, -0.2) is 0 Å². The first-order valence-corrected chi connectivity index (χ1v) is 7.40. The Labute approximate surface area is 122 Å². The Morgan fingerprint density at radius 2 is 1.85 bits per heavy atom. The van der Waals surface area contributed by atoms with Gasteiger partial charge in [0.1, 0.15) is 5.75 Å². The smallest absolute Gasteiger partial charge is 0.118 e. The molecule has 1 aromatic carbocycles. The van der Waals surface area contributed by atoms with Crippen LogP contribution in [0.4, 0.5) is 0 Å². The molecule has 0 amide bonds. The summed E-state index contributed by atoms with van der Waals surface area (Å²) in [5.41, 5.74) is 1.33. The number of morpholine rings is 1. The third kappa shape index (κ3) is 4.20. The molecule has 1 heterocycles. The molecule has 1 atom stereocenters. The van der Waals surface area contributed by atoms with Crippen LogP contribution in [-0.4, -0.2) is 50.9 Å². The molecule has 0 saturated carbocycles. The van der Waals surface area contributed by atoms with Crippen LogP contribution in [0, 0.1) is 0 Å². The predicted octanol–water partition coefficient (Wildman–Crippen LogP) is 2.07. The second kappa shape index (κ2) is 7.62. The second-order valence-electron chi connectivity index (χ2n) is 5.50. The number of methoxy groups -OCH3 is 1. The molecule has 1 aromatic rings. The van der Waals surface area contributed by atoms with Crippen molar-refractivity contribution in [1.29, 1.82) is 0 Å². The van der Waals surface area contributed by atoms with Gasteiger partial charge in [0.2, 0.25) is 0 Å². The van der Waals surface area contributed by atoms with Gasteiger partial charge in [-0.05, 0) is 17.7 Å². The molecular formula is C16H26N2O2. The number of rotatable bonds is 6. The average molecular weight is 278 g/mol. The molecule has 1 N–H and O–H groups in total. The van der Waals surface area contributed by atoms with Gasteiger partial charge in [0.05, 0.1) is 20.3 Å². The van der Waals surface area contributed by atoms with E-state index < -0.39 is 0 Å². The second-order valence-corrected chi connectivity index (χ2v) is 5.50. The van der Waals surface area contributed by atoms with E-state index in [4.69, 9.17) is 9.47 Å². The fourth-order valence-electron chi connectivity index (χ4n) is 2.52.